The fraction of sp³-hybridized carbons (Fsp3) is 0.286. The van der Waals surface area contributed by atoms with Crippen molar-refractivity contribution in [3.05, 3.63) is 35.9 Å². The van der Waals surface area contributed by atoms with E-state index in [1.807, 2.05) is 36.4 Å². The standard InChI is InChI=1S/C14H17ClN2O2/c1-11(18)16-10-2-3-12-4-6-13(7-5-12)17-14(19)8-9-15/h2-7H,8-10H2,1H3,(H,16,18)(H,17,19). The van der Waals surface area contributed by atoms with E-state index in [1.54, 1.807) is 0 Å². The topological polar surface area (TPSA) is 58.2 Å². The molecule has 2 amide bonds. The Balaban J connectivity index is 2.47. The van der Waals surface area contributed by atoms with Crippen LogP contribution in [0.15, 0.2) is 30.3 Å². The van der Waals surface area contributed by atoms with Gasteiger partial charge in [0.2, 0.25) is 11.8 Å². The van der Waals surface area contributed by atoms with Crippen LogP contribution in [0.5, 0.6) is 0 Å². The summed E-state index contributed by atoms with van der Waals surface area (Å²) in [4.78, 5) is 22.0. The predicted octanol–water partition coefficient (Wildman–Crippen LogP) is 2.40. The smallest absolute Gasteiger partial charge is 0.225 e. The van der Waals surface area contributed by atoms with Gasteiger partial charge in [0.1, 0.15) is 0 Å². The van der Waals surface area contributed by atoms with Crippen molar-refractivity contribution in [3.63, 3.8) is 0 Å². The molecular weight excluding hydrogens is 264 g/mol. The average molecular weight is 281 g/mol. The fourth-order valence-corrected chi connectivity index (χ4v) is 1.56. The molecule has 0 saturated heterocycles. The van der Waals surface area contributed by atoms with E-state index in [2.05, 4.69) is 10.6 Å². The van der Waals surface area contributed by atoms with Crippen molar-refractivity contribution in [2.45, 2.75) is 13.3 Å². The first-order valence-electron chi connectivity index (χ1n) is 5.98. The Morgan fingerprint density at radius 3 is 2.53 bits per heavy atom. The molecular formula is C14H17ClN2O2. The van der Waals surface area contributed by atoms with E-state index in [0.29, 0.717) is 18.8 Å². The van der Waals surface area contributed by atoms with Crippen molar-refractivity contribution in [2.75, 3.05) is 17.7 Å². The molecule has 1 rings (SSSR count). The third-order valence-corrected chi connectivity index (χ3v) is 2.48. The minimum atomic E-state index is -0.0936. The third-order valence-electron chi connectivity index (χ3n) is 2.30. The van der Waals surface area contributed by atoms with E-state index in [4.69, 9.17) is 11.6 Å². The second-order valence-corrected chi connectivity index (χ2v) is 4.33. The minimum Gasteiger partial charge on any atom is -0.353 e. The maximum atomic E-state index is 11.3. The van der Waals surface area contributed by atoms with Gasteiger partial charge in [-0.25, -0.2) is 0 Å². The van der Waals surface area contributed by atoms with Crippen LogP contribution in [0.25, 0.3) is 6.08 Å². The summed E-state index contributed by atoms with van der Waals surface area (Å²) < 4.78 is 0. The molecule has 0 radical (unpaired) electrons. The second-order valence-electron chi connectivity index (χ2n) is 3.95. The Morgan fingerprint density at radius 1 is 1.26 bits per heavy atom. The summed E-state index contributed by atoms with van der Waals surface area (Å²) in [5, 5.41) is 5.42. The van der Waals surface area contributed by atoms with Gasteiger partial charge in [-0.05, 0) is 17.7 Å². The van der Waals surface area contributed by atoms with E-state index in [-0.39, 0.29) is 11.8 Å². The maximum Gasteiger partial charge on any atom is 0.225 e. The van der Waals surface area contributed by atoms with Crippen LogP contribution >= 0.6 is 11.6 Å². The van der Waals surface area contributed by atoms with E-state index in [1.165, 1.54) is 6.92 Å². The molecule has 1 aromatic carbocycles. The molecule has 0 fully saturated rings. The zero-order chi connectivity index (χ0) is 14.1. The average Bonchev–Trinajstić information content (AvgIpc) is 2.36. The molecule has 0 heterocycles. The lowest BCUT2D eigenvalue weighted by Crippen LogP contribution is -2.19. The van der Waals surface area contributed by atoms with Crippen molar-refractivity contribution >= 4 is 35.2 Å². The van der Waals surface area contributed by atoms with Crippen LogP contribution in [-0.2, 0) is 9.59 Å². The van der Waals surface area contributed by atoms with Crippen LogP contribution in [0.1, 0.15) is 18.9 Å². The Bertz CT molecular complexity index is 455. The highest BCUT2D eigenvalue weighted by atomic mass is 35.5. The lowest BCUT2D eigenvalue weighted by Gasteiger charge is -2.04. The number of anilines is 1. The number of carbonyl (C=O) groups excluding carboxylic acids is 2. The molecule has 4 nitrogen and oxygen atoms in total. The molecule has 0 aliphatic rings. The van der Waals surface area contributed by atoms with Crippen molar-refractivity contribution in [1.82, 2.24) is 5.32 Å². The quantitative estimate of drug-likeness (QED) is 0.786. The van der Waals surface area contributed by atoms with Crippen LogP contribution < -0.4 is 10.6 Å². The highest BCUT2D eigenvalue weighted by Crippen LogP contribution is 2.11. The molecule has 0 aliphatic carbocycles. The lowest BCUT2D eigenvalue weighted by atomic mass is 10.2. The number of carbonyl (C=O) groups is 2. The van der Waals surface area contributed by atoms with E-state index in [0.717, 1.165) is 11.3 Å². The first kappa shape index (κ1) is 15.2. The molecule has 0 saturated carbocycles. The van der Waals surface area contributed by atoms with Crippen LogP contribution in [0.4, 0.5) is 5.69 Å². The highest BCUT2D eigenvalue weighted by Gasteiger charge is 2.00. The van der Waals surface area contributed by atoms with Crippen LogP contribution in [0.2, 0.25) is 0 Å². The van der Waals surface area contributed by atoms with Crippen LogP contribution in [0.3, 0.4) is 0 Å². The first-order chi connectivity index (χ1) is 9.11. The van der Waals surface area contributed by atoms with Gasteiger partial charge in [-0.3, -0.25) is 9.59 Å². The normalized spacial score (nSPS) is 10.4. The molecule has 0 unspecified atom stereocenters. The van der Waals surface area contributed by atoms with E-state index in [9.17, 15) is 9.59 Å². The number of alkyl halides is 1. The van der Waals surface area contributed by atoms with Crippen molar-refractivity contribution in [3.8, 4) is 0 Å². The summed E-state index contributed by atoms with van der Waals surface area (Å²) in [6, 6.07) is 7.43. The second kappa shape index (κ2) is 8.32. The van der Waals surface area contributed by atoms with E-state index < -0.39 is 0 Å². The molecule has 0 aliphatic heterocycles. The minimum absolute atomic E-state index is 0.0537. The van der Waals surface area contributed by atoms with Gasteiger partial charge < -0.3 is 10.6 Å². The summed E-state index contributed by atoms with van der Waals surface area (Å²) in [6.07, 6.45) is 4.07. The van der Waals surface area contributed by atoms with Crippen molar-refractivity contribution in [1.29, 1.82) is 0 Å². The molecule has 0 bridgehead atoms. The zero-order valence-corrected chi connectivity index (χ0v) is 11.5. The number of hydrogen-bond donors (Lipinski definition) is 2. The van der Waals surface area contributed by atoms with Crippen molar-refractivity contribution < 1.29 is 9.59 Å². The van der Waals surface area contributed by atoms with Gasteiger partial charge in [-0.1, -0.05) is 24.3 Å². The van der Waals surface area contributed by atoms with Gasteiger partial charge in [0.05, 0.1) is 0 Å². The van der Waals surface area contributed by atoms with Crippen LogP contribution in [0, 0.1) is 0 Å². The van der Waals surface area contributed by atoms with Gasteiger partial charge in [0.15, 0.2) is 0 Å². The predicted molar refractivity (Wildman–Crippen MR) is 78.1 cm³/mol. The molecule has 5 heteroatoms. The van der Waals surface area contributed by atoms with Crippen molar-refractivity contribution in [2.24, 2.45) is 0 Å². The molecule has 1 aromatic rings. The van der Waals surface area contributed by atoms with Gasteiger partial charge in [-0.15, -0.1) is 11.6 Å². The number of halogens is 1. The molecule has 0 aromatic heterocycles. The Kier molecular flexibility index (Phi) is 6.68. The number of rotatable bonds is 6. The molecule has 19 heavy (non-hydrogen) atoms. The third kappa shape index (κ3) is 6.62. The fourth-order valence-electron chi connectivity index (χ4n) is 1.38. The zero-order valence-electron chi connectivity index (χ0n) is 10.8. The Hall–Kier alpha value is -1.81. The summed E-state index contributed by atoms with van der Waals surface area (Å²) in [7, 11) is 0. The molecule has 0 atom stereocenters. The monoisotopic (exact) mass is 280 g/mol. The van der Waals surface area contributed by atoms with Gasteiger partial charge in [-0.2, -0.15) is 0 Å². The number of nitrogens with one attached hydrogen (secondary N) is 2. The van der Waals surface area contributed by atoms with Crippen LogP contribution in [-0.4, -0.2) is 24.2 Å². The summed E-state index contributed by atoms with van der Waals surface area (Å²) in [6.45, 7) is 1.98. The summed E-state index contributed by atoms with van der Waals surface area (Å²) >= 11 is 5.48. The molecule has 2 N–H and O–H groups in total. The number of amides is 2. The number of hydrogen-bond acceptors (Lipinski definition) is 2. The van der Waals surface area contributed by atoms with E-state index >= 15 is 0 Å². The number of benzene rings is 1. The maximum absolute atomic E-state index is 11.3. The lowest BCUT2D eigenvalue weighted by molar-refractivity contribution is -0.118. The Labute approximate surface area is 117 Å². The summed E-state index contributed by atoms with van der Waals surface area (Å²) in [5.41, 5.74) is 1.75. The largest absolute Gasteiger partial charge is 0.353 e. The molecule has 102 valence electrons. The SMILES string of the molecule is CC(=O)NCC=Cc1ccc(NC(=O)CCCl)cc1. The van der Waals surface area contributed by atoms with Gasteiger partial charge in [0.25, 0.3) is 0 Å². The first-order valence-corrected chi connectivity index (χ1v) is 6.52. The van der Waals surface area contributed by atoms with Gasteiger partial charge in [0, 0.05) is 31.5 Å². The van der Waals surface area contributed by atoms with Gasteiger partial charge >= 0.3 is 0 Å². The Morgan fingerprint density at radius 2 is 1.95 bits per heavy atom. The summed E-state index contributed by atoms with van der Waals surface area (Å²) in [5.74, 6) is 0.168. The highest BCUT2D eigenvalue weighted by molar-refractivity contribution is 6.19. The molecule has 0 spiro atoms.